The first kappa shape index (κ1) is 15.4. The molecule has 0 saturated carbocycles. The number of hydrogen-bond acceptors (Lipinski definition) is 3. The van der Waals surface area contributed by atoms with E-state index in [1.165, 1.54) is 0 Å². The number of fused-ring (bicyclic) bond motifs is 1. The number of halogens is 1. The smallest absolute Gasteiger partial charge is 0.343 e. The summed E-state index contributed by atoms with van der Waals surface area (Å²) in [4.78, 5) is 19.9. The van der Waals surface area contributed by atoms with Crippen LogP contribution in [-0.4, -0.2) is 15.9 Å². The maximum absolute atomic E-state index is 12.1. The van der Waals surface area contributed by atoms with Gasteiger partial charge in [0.25, 0.3) is 0 Å². The summed E-state index contributed by atoms with van der Waals surface area (Å²) in [5, 5.41) is 0.576. The molecule has 0 radical (unpaired) electrons. The summed E-state index contributed by atoms with van der Waals surface area (Å²) in [6, 6.07) is 21.6. The van der Waals surface area contributed by atoms with Crippen LogP contribution in [0, 0.1) is 0 Å². The number of para-hydroxylation sites is 2. The number of imidazole rings is 1. The van der Waals surface area contributed by atoms with Crippen LogP contribution in [0.3, 0.4) is 0 Å². The fourth-order valence-electron chi connectivity index (χ4n) is 2.52. The molecule has 0 aliphatic carbocycles. The van der Waals surface area contributed by atoms with Gasteiger partial charge in [-0.05, 0) is 60.7 Å². The average molecular weight is 349 g/mol. The third kappa shape index (κ3) is 3.25. The van der Waals surface area contributed by atoms with Crippen LogP contribution in [0.15, 0.2) is 72.8 Å². The lowest BCUT2D eigenvalue weighted by Crippen LogP contribution is -2.08. The molecule has 0 saturated heterocycles. The lowest BCUT2D eigenvalue weighted by Gasteiger charge is -2.05. The molecule has 0 spiro atoms. The normalized spacial score (nSPS) is 10.8. The molecule has 1 N–H and O–H groups in total. The zero-order valence-corrected chi connectivity index (χ0v) is 13.8. The zero-order valence-electron chi connectivity index (χ0n) is 13.1. The van der Waals surface area contributed by atoms with Crippen molar-refractivity contribution >= 4 is 28.6 Å². The van der Waals surface area contributed by atoms with Crippen LogP contribution in [0.2, 0.25) is 5.02 Å². The molecule has 122 valence electrons. The summed E-state index contributed by atoms with van der Waals surface area (Å²) in [6.07, 6.45) is 0. The molecule has 0 aliphatic rings. The predicted octanol–water partition coefficient (Wildman–Crippen LogP) is 5.10. The standard InChI is InChI=1S/C20H13ClN2O2/c21-15-9-5-14(6-10-15)20(24)25-16-11-7-13(8-12-16)19-22-17-3-1-2-4-18(17)23-19/h1-12H,(H,22,23). The number of H-pyrrole nitrogens is 1. The Balaban J connectivity index is 1.53. The average Bonchev–Trinajstić information content (AvgIpc) is 3.07. The van der Waals surface area contributed by atoms with Gasteiger partial charge >= 0.3 is 5.97 Å². The molecule has 4 nitrogen and oxygen atoms in total. The van der Waals surface area contributed by atoms with Gasteiger partial charge in [-0.15, -0.1) is 0 Å². The summed E-state index contributed by atoms with van der Waals surface area (Å²) >= 11 is 5.82. The molecule has 4 rings (SSSR count). The molecular weight excluding hydrogens is 336 g/mol. The van der Waals surface area contributed by atoms with Gasteiger partial charge in [-0.2, -0.15) is 0 Å². The number of aromatic nitrogens is 2. The molecule has 1 heterocycles. The van der Waals surface area contributed by atoms with Crippen LogP contribution in [0.25, 0.3) is 22.4 Å². The Morgan fingerprint density at radius 1 is 0.920 bits per heavy atom. The molecule has 4 aromatic rings. The van der Waals surface area contributed by atoms with Crippen molar-refractivity contribution in [2.75, 3.05) is 0 Å². The summed E-state index contributed by atoms with van der Waals surface area (Å²) in [5.74, 6) is 0.824. The van der Waals surface area contributed by atoms with Gasteiger partial charge in [-0.1, -0.05) is 23.7 Å². The number of aromatic amines is 1. The van der Waals surface area contributed by atoms with E-state index >= 15 is 0 Å². The van der Waals surface area contributed by atoms with Crippen molar-refractivity contribution < 1.29 is 9.53 Å². The van der Waals surface area contributed by atoms with E-state index in [9.17, 15) is 4.79 Å². The fourth-order valence-corrected chi connectivity index (χ4v) is 2.65. The second kappa shape index (κ2) is 6.42. The number of benzene rings is 3. The highest BCUT2D eigenvalue weighted by molar-refractivity contribution is 6.30. The molecule has 0 aliphatic heterocycles. The van der Waals surface area contributed by atoms with Crippen molar-refractivity contribution in [1.82, 2.24) is 9.97 Å². The fraction of sp³-hybridized carbons (Fsp3) is 0. The molecule has 5 heteroatoms. The third-order valence-corrected chi connectivity index (χ3v) is 4.06. The van der Waals surface area contributed by atoms with E-state index in [1.807, 2.05) is 36.4 Å². The number of carbonyl (C=O) groups excluding carboxylic acids is 1. The quantitative estimate of drug-likeness (QED) is 0.414. The maximum Gasteiger partial charge on any atom is 0.343 e. The molecule has 0 unspecified atom stereocenters. The van der Waals surface area contributed by atoms with E-state index in [0.29, 0.717) is 16.3 Å². The molecule has 0 amide bonds. The summed E-state index contributed by atoms with van der Waals surface area (Å²) < 4.78 is 5.38. The minimum absolute atomic E-state index is 0.423. The van der Waals surface area contributed by atoms with Crippen LogP contribution in [0.5, 0.6) is 5.75 Å². The van der Waals surface area contributed by atoms with Crippen molar-refractivity contribution in [3.63, 3.8) is 0 Å². The van der Waals surface area contributed by atoms with Gasteiger partial charge in [0.15, 0.2) is 0 Å². The molecule has 25 heavy (non-hydrogen) atoms. The van der Waals surface area contributed by atoms with Crippen molar-refractivity contribution in [2.24, 2.45) is 0 Å². The molecule has 0 fully saturated rings. The SMILES string of the molecule is O=C(Oc1ccc(-c2nc3ccccc3[nH]2)cc1)c1ccc(Cl)cc1. The number of esters is 1. The van der Waals surface area contributed by atoms with E-state index in [-0.39, 0.29) is 0 Å². The molecule has 3 aromatic carbocycles. The Labute approximate surface area is 149 Å². The summed E-state index contributed by atoms with van der Waals surface area (Å²) in [5.41, 5.74) is 3.26. The van der Waals surface area contributed by atoms with Gasteiger partial charge in [0.2, 0.25) is 0 Å². The van der Waals surface area contributed by atoms with Crippen LogP contribution in [0.1, 0.15) is 10.4 Å². The van der Waals surface area contributed by atoms with Gasteiger partial charge in [-0.25, -0.2) is 9.78 Å². The van der Waals surface area contributed by atoms with E-state index in [1.54, 1.807) is 36.4 Å². The monoisotopic (exact) mass is 348 g/mol. The molecular formula is C20H13ClN2O2. The number of rotatable bonds is 3. The van der Waals surface area contributed by atoms with Gasteiger partial charge in [-0.3, -0.25) is 0 Å². The highest BCUT2D eigenvalue weighted by Gasteiger charge is 2.09. The first-order chi connectivity index (χ1) is 12.2. The largest absolute Gasteiger partial charge is 0.423 e. The highest BCUT2D eigenvalue weighted by atomic mass is 35.5. The zero-order chi connectivity index (χ0) is 17.2. The van der Waals surface area contributed by atoms with Gasteiger partial charge < -0.3 is 9.72 Å². The molecule has 0 bridgehead atoms. The lowest BCUT2D eigenvalue weighted by atomic mass is 10.2. The van der Waals surface area contributed by atoms with Crippen LogP contribution < -0.4 is 4.74 Å². The van der Waals surface area contributed by atoms with Crippen molar-refractivity contribution in [2.45, 2.75) is 0 Å². The van der Waals surface area contributed by atoms with E-state index in [2.05, 4.69) is 9.97 Å². The topological polar surface area (TPSA) is 55.0 Å². The van der Waals surface area contributed by atoms with E-state index in [0.717, 1.165) is 22.4 Å². The van der Waals surface area contributed by atoms with E-state index < -0.39 is 5.97 Å². The van der Waals surface area contributed by atoms with Gasteiger partial charge in [0, 0.05) is 10.6 Å². The Kier molecular flexibility index (Phi) is 3.96. The Morgan fingerprint density at radius 3 is 2.36 bits per heavy atom. The second-order valence-electron chi connectivity index (χ2n) is 5.52. The van der Waals surface area contributed by atoms with Crippen LogP contribution >= 0.6 is 11.6 Å². The molecule has 0 atom stereocenters. The summed E-state index contributed by atoms with van der Waals surface area (Å²) in [7, 11) is 0. The first-order valence-corrected chi connectivity index (χ1v) is 8.10. The van der Waals surface area contributed by atoms with Crippen molar-refractivity contribution in [1.29, 1.82) is 0 Å². The number of carbonyl (C=O) groups is 1. The third-order valence-electron chi connectivity index (χ3n) is 3.81. The Hall–Kier alpha value is -3.11. The highest BCUT2D eigenvalue weighted by Crippen LogP contribution is 2.23. The Morgan fingerprint density at radius 2 is 1.64 bits per heavy atom. The lowest BCUT2D eigenvalue weighted by molar-refractivity contribution is 0.0735. The van der Waals surface area contributed by atoms with Crippen LogP contribution in [0.4, 0.5) is 0 Å². The van der Waals surface area contributed by atoms with Gasteiger partial charge in [0.05, 0.1) is 16.6 Å². The van der Waals surface area contributed by atoms with Crippen LogP contribution in [-0.2, 0) is 0 Å². The van der Waals surface area contributed by atoms with E-state index in [4.69, 9.17) is 16.3 Å². The van der Waals surface area contributed by atoms with Gasteiger partial charge in [0.1, 0.15) is 11.6 Å². The summed E-state index contributed by atoms with van der Waals surface area (Å²) in [6.45, 7) is 0. The molecule has 1 aromatic heterocycles. The number of nitrogens with zero attached hydrogens (tertiary/aromatic N) is 1. The number of hydrogen-bond donors (Lipinski definition) is 1. The first-order valence-electron chi connectivity index (χ1n) is 7.72. The minimum atomic E-state index is -0.423. The van der Waals surface area contributed by atoms with Crippen molar-refractivity contribution in [3.05, 3.63) is 83.4 Å². The number of ether oxygens (including phenoxy) is 1. The minimum Gasteiger partial charge on any atom is -0.423 e. The van der Waals surface area contributed by atoms with Crippen molar-refractivity contribution in [3.8, 4) is 17.1 Å². The number of nitrogens with one attached hydrogen (secondary N) is 1. The maximum atomic E-state index is 12.1. The predicted molar refractivity (Wildman–Crippen MR) is 97.9 cm³/mol. The Bertz CT molecular complexity index is 1000. The second-order valence-corrected chi connectivity index (χ2v) is 5.96.